The number of nitrogens with zero attached hydrogens (tertiary/aromatic N) is 2. The molecule has 26 heavy (non-hydrogen) atoms. The molecular weight excluding hydrogens is 324 g/mol. The molecule has 124 valence electrons. The molecule has 2 N–H and O–H groups in total. The van der Waals surface area contributed by atoms with Crippen LogP contribution in [-0.4, -0.2) is 16.4 Å². The molecule has 0 radical (unpaired) electrons. The van der Waals surface area contributed by atoms with E-state index in [4.69, 9.17) is 0 Å². The number of anilines is 1. The number of H-pyrrole nitrogens is 1. The van der Waals surface area contributed by atoms with Crippen LogP contribution in [-0.2, 0) is 0 Å². The van der Waals surface area contributed by atoms with E-state index in [0.29, 0.717) is 17.5 Å². The Hall–Kier alpha value is -3.65. The standard InChI is InChI=1S/C21H14N4O/c26-21-14-9-6-11-15-18(14)20(24-25-21)17(13-7-2-1-3-8-13)19(23-15)16-10-4-5-12-22-16/h1-3,6-9,11-12,17,23H,5H2,(H,25,26)/b19-16+. The van der Waals surface area contributed by atoms with Gasteiger partial charge in [-0.05, 0) is 23.6 Å². The normalized spacial score (nSPS) is 20.4. The molecule has 3 aromatic rings. The van der Waals surface area contributed by atoms with Crippen molar-refractivity contribution in [3.63, 3.8) is 0 Å². The molecule has 5 heteroatoms. The summed E-state index contributed by atoms with van der Waals surface area (Å²) < 4.78 is 0. The van der Waals surface area contributed by atoms with Gasteiger partial charge in [0.25, 0.3) is 5.56 Å². The van der Waals surface area contributed by atoms with E-state index in [1.807, 2.05) is 42.6 Å². The number of aromatic amines is 1. The van der Waals surface area contributed by atoms with Crippen LogP contribution in [0.3, 0.4) is 0 Å². The molecule has 0 saturated heterocycles. The van der Waals surface area contributed by atoms with Crippen LogP contribution in [0.25, 0.3) is 10.8 Å². The molecule has 0 fully saturated rings. The smallest absolute Gasteiger partial charge is 0.272 e. The number of rotatable bonds is 1. The molecular formula is C21H14N4O. The minimum atomic E-state index is -0.189. The van der Waals surface area contributed by atoms with E-state index >= 15 is 0 Å². The fourth-order valence-corrected chi connectivity index (χ4v) is 3.56. The highest BCUT2D eigenvalue weighted by molar-refractivity contribution is 5.98. The summed E-state index contributed by atoms with van der Waals surface area (Å²) in [6, 6.07) is 15.7. The van der Waals surface area contributed by atoms with Crippen molar-refractivity contribution in [3.8, 4) is 11.8 Å². The van der Waals surface area contributed by atoms with E-state index in [9.17, 15) is 4.79 Å². The monoisotopic (exact) mass is 338 g/mol. The maximum absolute atomic E-state index is 12.2. The Bertz CT molecular complexity index is 1210. The van der Waals surface area contributed by atoms with Crippen LogP contribution in [0.15, 0.2) is 69.7 Å². The molecule has 5 nitrogen and oxygen atoms in total. The van der Waals surface area contributed by atoms with Crippen LogP contribution >= 0.6 is 0 Å². The van der Waals surface area contributed by atoms with E-state index in [2.05, 4.69) is 44.5 Å². The summed E-state index contributed by atoms with van der Waals surface area (Å²) in [5.74, 6) is 6.04. The zero-order valence-corrected chi connectivity index (χ0v) is 13.8. The van der Waals surface area contributed by atoms with Gasteiger partial charge >= 0.3 is 0 Å². The van der Waals surface area contributed by atoms with Gasteiger partial charge in [0.15, 0.2) is 0 Å². The van der Waals surface area contributed by atoms with Gasteiger partial charge in [-0.1, -0.05) is 42.3 Å². The summed E-state index contributed by atoms with van der Waals surface area (Å²) in [6.07, 6.45) is 2.48. The van der Waals surface area contributed by atoms with E-state index in [1.54, 1.807) is 0 Å². The number of hydrogen-bond donors (Lipinski definition) is 2. The predicted molar refractivity (Wildman–Crippen MR) is 102 cm³/mol. The number of nitrogens with one attached hydrogen (secondary N) is 2. The molecule has 0 spiro atoms. The number of hydrogen-bond acceptors (Lipinski definition) is 4. The first-order valence-corrected chi connectivity index (χ1v) is 8.42. The summed E-state index contributed by atoms with van der Waals surface area (Å²) in [7, 11) is 0. The second-order valence-corrected chi connectivity index (χ2v) is 6.21. The number of allylic oxidation sites excluding steroid dienone is 2. The van der Waals surface area contributed by atoms with E-state index < -0.39 is 0 Å². The maximum Gasteiger partial charge on any atom is 0.272 e. The van der Waals surface area contributed by atoms with Crippen LogP contribution in [0.1, 0.15) is 23.6 Å². The topological polar surface area (TPSA) is 70.1 Å². The molecule has 0 bridgehead atoms. The molecule has 0 saturated carbocycles. The first-order chi connectivity index (χ1) is 12.8. The quantitative estimate of drug-likeness (QED) is 0.670. The van der Waals surface area contributed by atoms with Crippen LogP contribution in [0.5, 0.6) is 0 Å². The fourth-order valence-electron chi connectivity index (χ4n) is 3.56. The van der Waals surface area contributed by atoms with E-state index in [1.165, 1.54) is 0 Å². The molecule has 1 aromatic heterocycles. The third-order valence-electron chi connectivity index (χ3n) is 4.68. The van der Waals surface area contributed by atoms with Gasteiger partial charge < -0.3 is 5.32 Å². The van der Waals surface area contributed by atoms with Crippen LogP contribution in [0, 0.1) is 11.8 Å². The highest BCUT2D eigenvalue weighted by Crippen LogP contribution is 2.42. The highest BCUT2D eigenvalue weighted by atomic mass is 16.1. The molecule has 0 aliphatic carbocycles. The Labute approximate surface area is 149 Å². The van der Waals surface area contributed by atoms with Gasteiger partial charge in [-0.15, -0.1) is 0 Å². The van der Waals surface area contributed by atoms with Crippen molar-refractivity contribution < 1.29 is 0 Å². The molecule has 1 atom stereocenters. The summed E-state index contributed by atoms with van der Waals surface area (Å²) >= 11 is 0. The second-order valence-electron chi connectivity index (χ2n) is 6.21. The molecule has 3 heterocycles. The van der Waals surface area contributed by atoms with Crippen LogP contribution in [0.2, 0.25) is 0 Å². The number of benzene rings is 2. The van der Waals surface area contributed by atoms with E-state index in [-0.39, 0.29) is 11.5 Å². The van der Waals surface area contributed by atoms with Crippen molar-refractivity contribution in [2.75, 3.05) is 5.32 Å². The SMILES string of the molecule is O=c1[nH]nc2c3c(cccc13)N/C(=C1\C#CCC=N1)C2c1ccccc1. The van der Waals surface area contributed by atoms with Gasteiger partial charge in [0.1, 0.15) is 5.70 Å². The maximum atomic E-state index is 12.2. The predicted octanol–water partition coefficient (Wildman–Crippen LogP) is 3.17. The molecule has 5 rings (SSSR count). The van der Waals surface area contributed by atoms with Gasteiger partial charge in [-0.2, -0.15) is 5.10 Å². The van der Waals surface area contributed by atoms with Crippen molar-refractivity contribution in [2.24, 2.45) is 4.99 Å². The Morgan fingerprint density at radius 3 is 2.77 bits per heavy atom. The summed E-state index contributed by atoms with van der Waals surface area (Å²) in [5.41, 5.74) is 4.14. The van der Waals surface area contributed by atoms with Crippen molar-refractivity contribution in [2.45, 2.75) is 12.3 Å². The highest BCUT2D eigenvalue weighted by Gasteiger charge is 2.31. The first-order valence-electron chi connectivity index (χ1n) is 8.42. The van der Waals surface area contributed by atoms with Crippen molar-refractivity contribution in [1.29, 1.82) is 0 Å². The van der Waals surface area contributed by atoms with Crippen molar-refractivity contribution >= 4 is 22.7 Å². The van der Waals surface area contributed by atoms with Gasteiger partial charge in [0.2, 0.25) is 0 Å². The lowest BCUT2D eigenvalue weighted by Crippen LogP contribution is -2.24. The third-order valence-corrected chi connectivity index (χ3v) is 4.68. The Morgan fingerprint density at radius 1 is 1.08 bits per heavy atom. The number of aromatic nitrogens is 2. The van der Waals surface area contributed by atoms with Crippen LogP contribution in [0.4, 0.5) is 5.69 Å². The minimum Gasteiger partial charge on any atom is -0.355 e. The zero-order chi connectivity index (χ0) is 17.5. The second kappa shape index (κ2) is 5.71. The average Bonchev–Trinajstić information content (AvgIpc) is 2.71. The van der Waals surface area contributed by atoms with Crippen molar-refractivity contribution in [1.82, 2.24) is 10.2 Å². The van der Waals surface area contributed by atoms with Gasteiger partial charge in [0, 0.05) is 23.7 Å². The van der Waals surface area contributed by atoms with Crippen LogP contribution < -0.4 is 10.9 Å². The molecule has 2 aliphatic rings. The lowest BCUT2D eigenvalue weighted by atomic mass is 9.85. The Kier molecular flexibility index (Phi) is 3.22. The molecule has 0 amide bonds. The summed E-state index contributed by atoms with van der Waals surface area (Å²) in [4.78, 5) is 16.7. The van der Waals surface area contributed by atoms with Gasteiger partial charge in [0.05, 0.1) is 22.7 Å². The van der Waals surface area contributed by atoms with Crippen molar-refractivity contribution in [3.05, 3.63) is 81.5 Å². The minimum absolute atomic E-state index is 0.176. The lowest BCUT2D eigenvalue weighted by molar-refractivity contribution is 0.833. The lowest BCUT2D eigenvalue weighted by Gasteiger charge is -2.29. The Morgan fingerprint density at radius 2 is 1.96 bits per heavy atom. The Balaban J connectivity index is 1.87. The molecule has 1 unspecified atom stereocenters. The zero-order valence-electron chi connectivity index (χ0n) is 13.8. The van der Waals surface area contributed by atoms with Gasteiger partial charge in [-0.25, -0.2) is 10.1 Å². The third kappa shape index (κ3) is 2.16. The summed E-state index contributed by atoms with van der Waals surface area (Å²) in [5, 5.41) is 12.0. The van der Waals surface area contributed by atoms with Gasteiger partial charge in [-0.3, -0.25) is 4.79 Å². The number of aliphatic imine (C=N–C) groups is 1. The largest absolute Gasteiger partial charge is 0.355 e. The fraction of sp³-hybridized carbons (Fsp3) is 0.0952. The average molecular weight is 338 g/mol. The van der Waals surface area contributed by atoms with E-state index in [0.717, 1.165) is 28.0 Å². The molecule has 2 aliphatic heterocycles. The summed E-state index contributed by atoms with van der Waals surface area (Å²) in [6.45, 7) is 0. The molecule has 2 aromatic carbocycles. The first kappa shape index (κ1) is 14.7.